The molecular formula is C29H27FN4O2. The monoisotopic (exact) mass is 482 g/mol. The Bertz CT molecular complexity index is 1420. The molecule has 0 fully saturated rings. The zero-order chi connectivity index (χ0) is 25.2. The topological polar surface area (TPSA) is 71.3 Å². The van der Waals surface area contributed by atoms with E-state index in [1.165, 1.54) is 17.7 Å². The second-order valence-electron chi connectivity index (χ2n) is 8.98. The van der Waals surface area contributed by atoms with E-state index in [0.717, 1.165) is 28.7 Å². The molecule has 0 aliphatic carbocycles. The molecule has 3 aromatic carbocycles. The molecule has 36 heavy (non-hydrogen) atoms. The van der Waals surface area contributed by atoms with Crippen molar-refractivity contribution in [1.82, 2.24) is 20.4 Å². The maximum atomic E-state index is 13.7. The Morgan fingerprint density at radius 3 is 2.42 bits per heavy atom. The number of rotatable bonds is 6. The van der Waals surface area contributed by atoms with Crippen LogP contribution in [0.3, 0.4) is 0 Å². The van der Waals surface area contributed by atoms with Gasteiger partial charge in [-0.2, -0.15) is 4.98 Å². The predicted octanol–water partition coefficient (Wildman–Crippen LogP) is 6.44. The quantitative estimate of drug-likeness (QED) is 0.343. The number of nitrogens with zero attached hydrogens (tertiary/aromatic N) is 3. The van der Waals surface area contributed by atoms with Crippen LogP contribution in [0.25, 0.3) is 17.0 Å². The van der Waals surface area contributed by atoms with Gasteiger partial charge in [-0.05, 0) is 55.2 Å². The normalized spacial score (nSPS) is 15.8. The molecular weight excluding hydrogens is 455 g/mol. The number of amides is 2. The average Bonchev–Trinajstić information content (AvgIpc) is 3.37. The summed E-state index contributed by atoms with van der Waals surface area (Å²) in [5, 5.41) is 7.28. The summed E-state index contributed by atoms with van der Waals surface area (Å²) in [7, 11) is 0. The summed E-state index contributed by atoms with van der Waals surface area (Å²) in [5.74, 6) is 0.426. The van der Waals surface area contributed by atoms with Crippen LogP contribution in [0, 0.1) is 12.7 Å². The lowest BCUT2D eigenvalue weighted by molar-refractivity contribution is 0.203. The second kappa shape index (κ2) is 9.77. The van der Waals surface area contributed by atoms with Crippen molar-refractivity contribution in [2.24, 2.45) is 0 Å². The number of carbonyl (C=O) groups excluding carboxylic acids is 1. The Morgan fingerprint density at radius 2 is 1.72 bits per heavy atom. The number of aromatic nitrogens is 2. The van der Waals surface area contributed by atoms with Crippen molar-refractivity contribution in [3.63, 3.8) is 0 Å². The van der Waals surface area contributed by atoms with Gasteiger partial charge in [0.2, 0.25) is 5.82 Å². The van der Waals surface area contributed by atoms with Crippen molar-refractivity contribution in [1.29, 1.82) is 0 Å². The molecule has 7 heteroatoms. The first-order chi connectivity index (χ1) is 17.4. The standard InChI is InChI=1S/C29H27FN4O2/c1-4-20-8-10-21(11-9-20)17-34-19(3)25(26(31-29(34)35)22-12-14-24(30)15-13-22)28-32-27(33-36-28)23-7-5-6-18(2)16-23/h5-16,26H,4,17H2,1-3H3,(H,31,35). The van der Waals surface area contributed by atoms with Gasteiger partial charge in [0, 0.05) is 11.3 Å². The maximum absolute atomic E-state index is 13.7. The van der Waals surface area contributed by atoms with E-state index in [9.17, 15) is 9.18 Å². The number of nitrogens with one attached hydrogen (secondary N) is 1. The zero-order valence-corrected chi connectivity index (χ0v) is 20.5. The molecule has 1 N–H and O–H groups in total. The smallest absolute Gasteiger partial charge is 0.322 e. The van der Waals surface area contributed by atoms with Crippen LogP contribution < -0.4 is 5.32 Å². The van der Waals surface area contributed by atoms with Gasteiger partial charge < -0.3 is 9.84 Å². The summed E-state index contributed by atoms with van der Waals surface area (Å²) in [6, 6.07) is 21.3. The number of urea groups is 1. The second-order valence-corrected chi connectivity index (χ2v) is 8.98. The van der Waals surface area contributed by atoms with Gasteiger partial charge in [-0.3, -0.25) is 4.90 Å². The Labute approximate surface area is 209 Å². The van der Waals surface area contributed by atoms with Crippen molar-refractivity contribution in [3.8, 4) is 11.4 Å². The summed E-state index contributed by atoms with van der Waals surface area (Å²) >= 11 is 0. The molecule has 1 unspecified atom stereocenters. The highest BCUT2D eigenvalue weighted by Gasteiger charge is 2.35. The van der Waals surface area contributed by atoms with Gasteiger partial charge in [0.1, 0.15) is 5.82 Å². The van der Waals surface area contributed by atoms with E-state index in [1.807, 2.05) is 50.2 Å². The fraction of sp³-hybridized carbons (Fsp3) is 0.207. The molecule has 0 spiro atoms. The summed E-state index contributed by atoms with van der Waals surface area (Å²) in [4.78, 5) is 19.6. The van der Waals surface area contributed by atoms with Crippen molar-refractivity contribution >= 4 is 11.6 Å². The van der Waals surface area contributed by atoms with Crippen LogP contribution in [0.4, 0.5) is 9.18 Å². The lowest BCUT2D eigenvalue weighted by Gasteiger charge is -2.35. The van der Waals surface area contributed by atoms with Gasteiger partial charge in [0.15, 0.2) is 0 Å². The fourth-order valence-corrected chi connectivity index (χ4v) is 4.45. The van der Waals surface area contributed by atoms with E-state index in [2.05, 4.69) is 29.5 Å². The van der Waals surface area contributed by atoms with Crippen molar-refractivity contribution in [2.75, 3.05) is 0 Å². The molecule has 1 aromatic heterocycles. The molecule has 2 heterocycles. The van der Waals surface area contributed by atoms with Gasteiger partial charge in [-0.1, -0.05) is 72.2 Å². The average molecular weight is 483 g/mol. The molecule has 1 atom stereocenters. The minimum absolute atomic E-state index is 0.247. The lowest BCUT2D eigenvalue weighted by atomic mass is 9.94. The van der Waals surface area contributed by atoms with Crippen molar-refractivity contribution < 1.29 is 13.7 Å². The first kappa shape index (κ1) is 23.5. The third-order valence-electron chi connectivity index (χ3n) is 6.50. The minimum Gasteiger partial charge on any atom is -0.334 e. The lowest BCUT2D eigenvalue weighted by Crippen LogP contribution is -2.45. The molecule has 4 aromatic rings. The Morgan fingerprint density at radius 1 is 1.00 bits per heavy atom. The third-order valence-corrected chi connectivity index (χ3v) is 6.50. The predicted molar refractivity (Wildman–Crippen MR) is 136 cm³/mol. The first-order valence-corrected chi connectivity index (χ1v) is 12.0. The molecule has 182 valence electrons. The zero-order valence-electron chi connectivity index (χ0n) is 20.5. The van der Waals surface area contributed by atoms with E-state index in [1.54, 1.807) is 17.0 Å². The maximum Gasteiger partial charge on any atom is 0.322 e. The Hall–Kier alpha value is -4.26. The number of aryl methyl sites for hydroxylation is 2. The third kappa shape index (κ3) is 4.64. The largest absolute Gasteiger partial charge is 0.334 e. The van der Waals surface area contributed by atoms with Gasteiger partial charge in [0.05, 0.1) is 18.2 Å². The number of hydrogen-bond acceptors (Lipinski definition) is 4. The van der Waals surface area contributed by atoms with Crippen molar-refractivity contribution in [2.45, 2.75) is 39.8 Å². The van der Waals surface area contributed by atoms with Gasteiger partial charge in [-0.15, -0.1) is 0 Å². The van der Waals surface area contributed by atoms with Crippen LogP contribution in [0.15, 0.2) is 83.0 Å². The molecule has 5 rings (SSSR count). The first-order valence-electron chi connectivity index (χ1n) is 12.0. The highest BCUT2D eigenvalue weighted by Crippen LogP contribution is 2.38. The minimum atomic E-state index is -0.567. The molecule has 0 saturated heterocycles. The van der Waals surface area contributed by atoms with Crippen LogP contribution >= 0.6 is 0 Å². The van der Waals surface area contributed by atoms with Crippen LogP contribution in [-0.2, 0) is 13.0 Å². The van der Waals surface area contributed by atoms with Gasteiger partial charge in [-0.25, -0.2) is 9.18 Å². The number of halogens is 1. The SMILES string of the molecule is CCc1ccc(CN2C(=O)NC(c3ccc(F)cc3)C(c3nc(-c4cccc(C)c4)no3)=C2C)cc1. The van der Waals surface area contributed by atoms with Crippen molar-refractivity contribution in [3.05, 3.63) is 112 Å². The Balaban J connectivity index is 1.57. The van der Waals surface area contributed by atoms with E-state index in [4.69, 9.17) is 9.51 Å². The molecule has 0 radical (unpaired) electrons. The van der Waals surface area contributed by atoms with Gasteiger partial charge >= 0.3 is 6.03 Å². The molecule has 1 aliphatic heterocycles. The molecule has 0 saturated carbocycles. The number of allylic oxidation sites excluding steroid dienone is 1. The molecule has 2 amide bonds. The highest BCUT2D eigenvalue weighted by molar-refractivity contribution is 5.86. The van der Waals surface area contributed by atoms with E-state index in [0.29, 0.717) is 29.5 Å². The molecule has 6 nitrogen and oxygen atoms in total. The number of hydrogen-bond donors (Lipinski definition) is 1. The summed E-state index contributed by atoms with van der Waals surface area (Å²) in [6.45, 7) is 6.38. The fourth-order valence-electron chi connectivity index (χ4n) is 4.45. The van der Waals surface area contributed by atoms with Crippen LogP contribution in [0.5, 0.6) is 0 Å². The Kier molecular flexibility index (Phi) is 6.38. The highest BCUT2D eigenvalue weighted by atomic mass is 19.1. The molecule has 0 bridgehead atoms. The molecule has 1 aliphatic rings. The van der Waals surface area contributed by atoms with E-state index in [-0.39, 0.29) is 11.8 Å². The van der Waals surface area contributed by atoms with Gasteiger partial charge in [0.25, 0.3) is 5.89 Å². The van der Waals surface area contributed by atoms with Crippen LogP contribution in [0.2, 0.25) is 0 Å². The van der Waals surface area contributed by atoms with Crippen LogP contribution in [0.1, 0.15) is 48.0 Å². The summed E-state index contributed by atoms with van der Waals surface area (Å²) < 4.78 is 19.4. The van der Waals surface area contributed by atoms with E-state index >= 15 is 0 Å². The number of benzene rings is 3. The summed E-state index contributed by atoms with van der Waals surface area (Å²) in [6.07, 6.45) is 0.952. The summed E-state index contributed by atoms with van der Waals surface area (Å²) in [5.41, 5.74) is 6.28. The van der Waals surface area contributed by atoms with Crippen LogP contribution in [-0.4, -0.2) is 21.1 Å². The van der Waals surface area contributed by atoms with E-state index < -0.39 is 6.04 Å². The number of carbonyl (C=O) groups is 1.